The average molecular weight is 386 g/mol. The van der Waals surface area contributed by atoms with Gasteiger partial charge in [0.05, 0.1) is 38.1 Å². The normalized spacial score (nSPS) is 10.9. The molecule has 0 amide bonds. The molecule has 0 saturated heterocycles. The van der Waals surface area contributed by atoms with Gasteiger partial charge >= 0.3 is 0 Å². The van der Waals surface area contributed by atoms with Crippen molar-refractivity contribution in [3.63, 3.8) is 0 Å². The van der Waals surface area contributed by atoms with Crippen LogP contribution in [-0.4, -0.2) is 20.2 Å². The fraction of sp³-hybridized carbons (Fsp3) is 0.130. The molecule has 29 heavy (non-hydrogen) atoms. The molecule has 3 aromatic rings. The molecule has 0 unspecified atom stereocenters. The van der Waals surface area contributed by atoms with Crippen LogP contribution in [0.4, 0.5) is 5.69 Å². The van der Waals surface area contributed by atoms with Crippen molar-refractivity contribution in [2.24, 2.45) is 10.7 Å². The van der Waals surface area contributed by atoms with Gasteiger partial charge in [-0.1, -0.05) is 42.5 Å². The first-order chi connectivity index (χ1) is 14.1. The number of aliphatic imine (C=N–C) groups is 1. The number of nitrogens with zero attached hydrogens (tertiary/aromatic N) is 2. The fourth-order valence-electron chi connectivity index (χ4n) is 2.89. The zero-order valence-corrected chi connectivity index (χ0v) is 16.3. The lowest BCUT2D eigenvalue weighted by Crippen LogP contribution is -2.23. The summed E-state index contributed by atoms with van der Waals surface area (Å²) in [6, 6.07) is 23.1. The molecule has 0 aromatic heterocycles. The lowest BCUT2D eigenvalue weighted by atomic mass is 9.99. The molecule has 3 rings (SSSR count). The summed E-state index contributed by atoms with van der Waals surface area (Å²) in [7, 11) is 3.19. The number of nitriles is 1. The predicted molar refractivity (Wildman–Crippen MR) is 115 cm³/mol. The van der Waals surface area contributed by atoms with Crippen LogP contribution in [0.15, 0.2) is 71.7 Å². The number of nitrogens with one attached hydrogen (secondary N) is 1. The number of methoxy groups -OCH3 is 2. The topological polar surface area (TPSA) is 92.7 Å². The maximum absolute atomic E-state index is 9.27. The lowest BCUT2D eigenvalue weighted by molar-refractivity contribution is 0.405. The number of hydrogen-bond acceptors (Lipinski definition) is 4. The number of anilines is 1. The fourth-order valence-corrected chi connectivity index (χ4v) is 2.89. The second-order valence-electron chi connectivity index (χ2n) is 6.25. The number of nitrogens with two attached hydrogens (primary N) is 1. The Morgan fingerprint density at radius 2 is 1.79 bits per heavy atom. The van der Waals surface area contributed by atoms with E-state index in [0.29, 0.717) is 29.3 Å². The molecule has 6 heteroatoms. The Hall–Kier alpha value is -3.98. The van der Waals surface area contributed by atoms with Crippen LogP contribution in [-0.2, 0) is 6.54 Å². The van der Waals surface area contributed by atoms with E-state index in [4.69, 9.17) is 15.2 Å². The van der Waals surface area contributed by atoms with Crippen molar-refractivity contribution in [3.8, 4) is 28.7 Å². The van der Waals surface area contributed by atoms with Gasteiger partial charge in [-0.15, -0.1) is 0 Å². The minimum atomic E-state index is 0.274. The van der Waals surface area contributed by atoms with Crippen LogP contribution in [0, 0.1) is 11.3 Å². The smallest absolute Gasteiger partial charge is 0.193 e. The Kier molecular flexibility index (Phi) is 6.33. The highest BCUT2D eigenvalue weighted by Crippen LogP contribution is 2.28. The van der Waals surface area contributed by atoms with E-state index in [1.165, 1.54) is 0 Å². The van der Waals surface area contributed by atoms with Crippen molar-refractivity contribution in [2.45, 2.75) is 6.54 Å². The standard InChI is InChI=1S/C23H22N4O2/c1-28-19-11-12-22(29-2)21(13-19)27-23(25)26-15-16-7-9-17(10-8-16)20-6-4-3-5-18(20)14-24/h3-13H,15H2,1-2H3,(H3,25,26,27). The zero-order chi connectivity index (χ0) is 20.6. The molecule has 0 heterocycles. The first-order valence-corrected chi connectivity index (χ1v) is 9.02. The first-order valence-electron chi connectivity index (χ1n) is 9.02. The van der Waals surface area contributed by atoms with Crippen molar-refractivity contribution < 1.29 is 9.47 Å². The van der Waals surface area contributed by atoms with Gasteiger partial charge in [-0.05, 0) is 34.9 Å². The van der Waals surface area contributed by atoms with E-state index in [9.17, 15) is 5.26 Å². The van der Waals surface area contributed by atoms with Gasteiger partial charge in [0, 0.05) is 6.07 Å². The van der Waals surface area contributed by atoms with Gasteiger partial charge in [0.15, 0.2) is 5.96 Å². The van der Waals surface area contributed by atoms with Crippen LogP contribution in [0.3, 0.4) is 0 Å². The molecule has 0 aliphatic heterocycles. The van der Waals surface area contributed by atoms with Crippen LogP contribution in [0.2, 0.25) is 0 Å². The van der Waals surface area contributed by atoms with Crippen molar-refractivity contribution >= 4 is 11.6 Å². The summed E-state index contributed by atoms with van der Waals surface area (Å²) < 4.78 is 10.6. The molecule has 0 bridgehead atoms. The molecule has 0 fully saturated rings. The third kappa shape index (κ3) is 4.85. The van der Waals surface area contributed by atoms with Crippen molar-refractivity contribution in [2.75, 3.05) is 19.5 Å². The lowest BCUT2D eigenvalue weighted by Gasteiger charge is -2.12. The van der Waals surface area contributed by atoms with E-state index >= 15 is 0 Å². The van der Waals surface area contributed by atoms with Crippen LogP contribution < -0.4 is 20.5 Å². The summed E-state index contributed by atoms with van der Waals surface area (Å²) in [5.74, 6) is 1.61. The second kappa shape index (κ2) is 9.29. The maximum Gasteiger partial charge on any atom is 0.193 e. The van der Waals surface area contributed by atoms with Crippen molar-refractivity contribution in [1.29, 1.82) is 5.26 Å². The summed E-state index contributed by atoms with van der Waals surface area (Å²) >= 11 is 0. The summed E-state index contributed by atoms with van der Waals surface area (Å²) in [6.07, 6.45) is 0. The highest BCUT2D eigenvalue weighted by molar-refractivity contribution is 5.94. The third-order valence-electron chi connectivity index (χ3n) is 4.41. The molecule has 146 valence electrons. The van der Waals surface area contributed by atoms with Gasteiger partial charge < -0.3 is 20.5 Å². The van der Waals surface area contributed by atoms with Gasteiger partial charge in [0.1, 0.15) is 11.5 Å². The Morgan fingerprint density at radius 1 is 1.03 bits per heavy atom. The highest BCUT2D eigenvalue weighted by atomic mass is 16.5. The predicted octanol–water partition coefficient (Wildman–Crippen LogP) is 4.17. The summed E-state index contributed by atoms with van der Waals surface area (Å²) in [6.45, 7) is 0.422. The Labute approximate surface area is 170 Å². The summed E-state index contributed by atoms with van der Waals surface area (Å²) in [5, 5.41) is 12.3. The largest absolute Gasteiger partial charge is 0.497 e. The molecule has 3 N–H and O–H groups in total. The Balaban J connectivity index is 1.71. The van der Waals surface area contributed by atoms with E-state index < -0.39 is 0 Å². The Morgan fingerprint density at radius 3 is 2.48 bits per heavy atom. The quantitative estimate of drug-likeness (QED) is 0.490. The highest BCUT2D eigenvalue weighted by Gasteiger charge is 2.07. The molecule has 3 aromatic carbocycles. The summed E-state index contributed by atoms with van der Waals surface area (Å²) in [4.78, 5) is 4.39. The van der Waals surface area contributed by atoms with E-state index in [2.05, 4.69) is 16.4 Å². The minimum absolute atomic E-state index is 0.274. The first kappa shape index (κ1) is 19.8. The maximum atomic E-state index is 9.27. The SMILES string of the molecule is COc1ccc(OC)c(NC(N)=NCc2ccc(-c3ccccc3C#N)cc2)c1. The Bertz CT molecular complexity index is 1050. The van der Waals surface area contributed by atoms with Gasteiger partial charge in [-0.3, -0.25) is 0 Å². The second-order valence-corrected chi connectivity index (χ2v) is 6.25. The minimum Gasteiger partial charge on any atom is -0.497 e. The zero-order valence-electron chi connectivity index (χ0n) is 16.3. The van der Waals surface area contributed by atoms with E-state index in [1.54, 1.807) is 26.4 Å². The monoisotopic (exact) mass is 386 g/mol. The van der Waals surface area contributed by atoms with Gasteiger partial charge in [0.2, 0.25) is 0 Å². The molecule has 6 nitrogen and oxygen atoms in total. The molecular formula is C23H22N4O2. The molecule has 0 radical (unpaired) electrons. The van der Waals surface area contributed by atoms with E-state index in [-0.39, 0.29) is 5.96 Å². The van der Waals surface area contributed by atoms with Gasteiger partial charge in [-0.2, -0.15) is 5.26 Å². The molecule has 0 aliphatic rings. The van der Waals surface area contributed by atoms with Crippen molar-refractivity contribution in [3.05, 3.63) is 77.9 Å². The van der Waals surface area contributed by atoms with E-state index in [1.807, 2.05) is 54.6 Å². The molecular weight excluding hydrogens is 364 g/mol. The van der Waals surface area contributed by atoms with Crippen molar-refractivity contribution in [1.82, 2.24) is 0 Å². The van der Waals surface area contributed by atoms with Gasteiger partial charge in [-0.25, -0.2) is 4.99 Å². The van der Waals surface area contributed by atoms with Gasteiger partial charge in [0.25, 0.3) is 0 Å². The average Bonchev–Trinajstić information content (AvgIpc) is 2.78. The summed E-state index contributed by atoms with van der Waals surface area (Å²) in [5.41, 5.74) is 10.3. The number of ether oxygens (including phenoxy) is 2. The molecule has 0 aliphatic carbocycles. The van der Waals surface area contributed by atoms with Crippen LogP contribution in [0.25, 0.3) is 11.1 Å². The van der Waals surface area contributed by atoms with E-state index in [0.717, 1.165) is 16.7 Å². The van der Waals surface area contributed by atoms with Crippen LogP contribution >= 0.6 is 0 Å². The third-order valence-corrected chi connectivity index (χ3v) is 4.41. The molecule has 0 atom stereocenters. The number of guanidine groups is 1. The molecule has 0 spiro atoms. The van der Waals surface area contributed by atoms with Crippen LogP contribution in [0.5, 0.6) is 11.5 Å². The molecule has 0 saturated carbocycles. The number of hydrogen-bond donors (Lipinski definition) is 2. The number of benzene rings is 3. The van der Waals surface area contributed by atoms with Crippen LogP contribution in [0.1, 0.15) is 11.1 Å². The number of rotatable bonds is 6.